The molecule has 112 valence electrons. The molecule has 0 amide bonds. The van der Waals surface area contributed by atoms with E-state index < -0.39 is 0 Å². The van der Waals surface area contributed by atoms with Crippen LogP contribution in [0.5, 0.6) is 0 Å². The Hall–Kier alpha value is -1.26. The smallest absolute Gasteiger partial charge is 0.0640 e. The van der Waals surface area contributed by atoms with E-state index in [0.29, 0.717) is 12.0 Å². The molecule has 21 heavy (non-hydrogen) atoms. The second-order valence-electron chi connectivity index (χ2n) is 5.70. The van der Waals surface area contributed by atoms with E-state index >= 15 is 0 Å². The minimum absolute atomic E-state index is 0.469. The second kappa shape index (κ2) is 6.67. The molecule has 2 aromatic rings. The van der Waals surface area contributed by atoms with Crippen LogP contribution in [0.4, 0.5) is 0 Å². The summed E-state index contributed by atoms with van der Waals surface area (Å²) in [5.41, 5.74) is 2.69. The SMILES string of the molecule is CCCNC(Cc1ccn(C)n1)C1CSc2ccccc21. The molecule has 0 saturated heterocycles. The molecule has 1 aliphatic rings. The molecule has 0 spiro atoms. The first-order valence-corrected chi connectivity index (χ1v) is 8.70. The molecule has 1 aliphatic heterocycles. The van der Waals surface area contributed by atoms with Crippen molar-refractivity contribution in [2.45, 2.75) is 36.6 Å². The zero-order chi connectivity index (χ0) is 14.7. The number of benzene rings is 1. The second-order valence-corrected chi connectivity index (χ2v) is 6.76. The largest absolute Gasteiger partial charge is 0.313 e. The molecule has 0 radical (unpaired) electrons. The number of aryl methyl sites for hydroxylation is 1. The van der Waals surface area contributed by atoms with E-state index in [1.807, 2.05) is 29.7 Å². The van der Waals surface area contributed by atoms with E-state index in [9.17, 15) is 0 Å². The summed E-state index contributed by atoms with van der Waals surface area (Å²) in [6.45, 7) is 3.29. The number of nitrogens with zero attached hydrogens (tertiary/aromatic N) is 2. The molecule has 3 rings (SSSR count). The van der Waals surface area contributed by atoms with E-state index in [-0.39, 0.29) is 0 Å². The standard InChI is InChI=1S/C17H23N3S/c1-3-9-18-16(11-13-8-10-20(2)19-13)15-12-21-17-7-5-4-6-14(15)17/h4-8,10,15-16,18H,3,9,11-12H2,1-2H3. The summed E-state index contributed by atoms with van der Waals surface area (Å²) in [6, 6.07) is 11.4. The average molecular weight is 301 g/mol. The number of hydrogen-bond donors (Lipinski definition) is 1. The minimum Gasteiger partial charge on any atom is -0.313 e. The summed E-state index contributed by atoms with van der Waals surface area (Å²) in [5, 5.41) is 8.30. The van der Waals surface area contributed by atoms with Crippen LogP contribution in [0.15, 0.2) is 41.4 Å². The number of nitrogens with one attached hydrogen (secondary N) is 1. The lowest BCUT2D eigenvalue weighted by Gasteiger charge is -2.24. The first-order valence-electron chi connectivity index (χ1n) is 7.71. The number of fused-ring (bicyclic) bond motifs is 1. The third kappa shape index (κ3) is 3.33. The van der Waals surface area contributed by atoms with Gasteiger partial charge in [0.15, 0.2) is 0 Å². The summed E-state index contributed by atoms with van der Waals surface area (Å²) in [4.78, 5) is 1.45. The highest BCUT2D eigenvalue weighted by molar-refractivity contribution is 7.99. The van der Waals surface area contributed by atoms with Crippen LogP contribution in [0.3, 0.4) is 0 Å². The Bertz CT molecular complexity index is 593. The average Bonchev–Trinajstić information content (AvgIpc) is 3.09. The van der Waals surface area contributed by atoms with Gasteiger partial charge < -0.3 is 5.32 Å². The van der Waals surface area contributed by atoms with Crippen LogP contribution in [0.25, 0.3) is 0 Å². The van der Waals surface area contributed by atoms with Gasteiger partial charge in [-0.25, -0.2) is 0 Å². The van der Waals surface area contributed by atoms with Crippen molar-refractivity contribution in [2.75, 3.05) is 12.3 Å². The molecule has 0 saturated carbocycles. The normalized spacial score (nSPS) is 18.7. The Morgan fingerprint density at radius 1 is 1.38 bits per heavy atom. The van der Waals surface area contributed by atoms with Gasteiger partial charge in [-0.1, -0.05) is 25.1 Å². The van der Waals surface area contributed by atoms with Gasteiger partial charge in [-0.05, 0) is 30.7 Å². The van der Waals surface area contributed by atoms with Gasteiger partial charge in [0.2, 0.25) is 0 Å². The molecular weight excluding hydrogens is 278 g/mol. The van der Waals surface area contributed by atoms with Gasteiger partial charge in [-0.2, -0.15) is 5.10 Å². The van der Waals surface area contributed by atoms with Gasteiger partial charge in [-0.15, -0.1) is 11.8 Å². The van der Waals surface area contributed by atoms with Crippen LogP contribution in [0.2, 0.25) is 0 Å². The Morgan fingerprint density at radius 3 is 3.00 bits per heavy atom. The number of rotatable bonds is 6. The minimum atomic E-state index is 0.469. The molecule has 0 fully saturated rings. The number of aromatic nitrogens is 2. The number of thioether (sulfide) groups is 1. The third-order valence-corrected chi connectivity index (χ3v) is 5.29. The van der Waals surface area contributed by atoms with Crippen molar-refractivity contribution in [3.63, 3.8) is 0 Å². The molecule has 2 unspecified atom stereocenters. The van der Waals surface area contributed by atoms with Gasteiger partial charge in [0.25, 0.3) is 0 Å². The molecule has 3 nitrogen and oxygen atoms in total. The number of hydrogen-bond acceptors (Lipinski definition) is 3. The Kier molecular flexibility index (Phi) is 4.66. The van der Waals surface area contributed by atoms with E-state index in [1.165, 1.54) is 28.3 Å². The molecule has 2 heterocycles. The zero-order valence-corrected chi connectivity index (χ0v) is 13.6. The predicted octanol–water partition coefficient (Wildman–Crippen LogP) is 3.22. The zero-order valence-electron chi connectivity index (χ0n) is 12.7. The molecule has 1 aromatic heterocycles. The van der Waals surface area contributed by atoms with Crippen molar-refractivity contribution in [1.82, 2.24) is 15.1 Å². The Labute approximate surface area is 131 Å². The van der Waals surface area contributed by atoms with Crippen LogP contribution < -0.4 is 5.32 Å². The van der Waals surface area contributed by atoms with Gasteiger partial charge in [0.1, 0.15) is 0 Å². The van der Waals surface area contributed by atoms with Crippen LogP contribution in [-0.2, 0) is 13.5 Å². The fraction of sp³-hybridized carbons (Fsp3) is 0.471. The summed E-state index contributed by atoms with van der Waals surface area (Å²) < 4.78 is 1.89. The van der Waals surface area contributed by atoms with Gasteiger partial charge >= 0.3 is 0 Å². The van der Waals surface area contributed by atoms with Crippen LogP contribution in [0, 0.1) is 0 Å². The van der Waals surface area contributed by atoms with Crippen molar-refractivity contribution in [3.05, 3.63) is 47.8 Å². The lowest BCUT2D eigenvalue weighted by molar-refractivity contribution is 0.446. The molecule has 0 aliphatic carbocycles. The molecule has 2 atom stereocenters. The quantitative estimate of drug-likeness (QED) is 0.888. The lowest BCUT2D eigenvalue weighted by Crippen LogP contribution is -2.37. The molecule has 0 bridgehead atoms. The summed E-state index contributed by atoms with van der Waals surface area (Å²) in [6.07, 6.45) is 4.20. The first kappa shape index (κ1) is 14.7. The van der Waals surface area contributed by atoms with Gasteiger partial charge in [0.05, 0.1) is 5.69 Å². The maximum absolute atomic E-state index is 4.56. The predicted molar refractivity (Wildman–Crippen MR) is 88.9 cm³/mol. The van der Waals surface area contributed by atoms with E-state index in [4.69, 9.17) is 0 Å². The summed E-state index contributed by atoms with van der Waals surface area (Å²) in [7, 11) is 1.98. The summed E-state index contributed by atoms with van der Waals surface area (Å²) >= 11 is 1.99. The van der Waals surface area contributed by atoms with Crippen LogP contribution >= 0.6 is 11.8 Å². The van der Waals surface area contributed by atoms with E-state index in [2.05, 4.69) is 47.7 Å². The highest BCUT2D eigenvalue weighted by atomic mass is 32.2. The van der Waals surface area contributed by atoms with E-state index in [1.54, 1.807) is 0 Å². The highest BCUT2D eigenvalue weighted by Crippen LogP contribution is 2.41. The lowest BCUT2D eigenvalue weighted by atomic mass is 9.90. The third-order valence-electron chi connectivity index (χ3n) is 4.08. The topological polar surface area (TPSA) is 29.9 Å². The van der Waals surface area contributed by atoms with Crippen molar-refractivity contribution in [3.8, 4) is 0 Å². The highest BCUT2D eigenvalue weighted by Gasteiger charge is 2.30. The fourth-order valence-corrected chi connectivity index (χ4v) is 4.34. The van der Waals surface area contributed by atoms with Crippen molar-refractivity contribution in [1.29, 1.82) is 0 Å². The summed E-state index contributed by atoms with van der Waals surface area (Å²) in [5.74, 6) is 1.76. The molecule has 1 aromatic carbocycles. The van der Waals surface area contributed by atoms with Crippen LogP contribution in [-0.4, -0.2) is 28.1 Å². The molecular formula is C17H23N3S. The fourth-order valence-electron chi connectivity index (χ4n) is 3.00. The van der Waals surface area contributed by atoms with Crippen molar-refractivity contribution in [2.24, 2.45) is 7.05 Å². The molecule has 1 N–H and O–H groups in total. The van der Waals surface area contributed by atoms with Crippen LogP contribution in [0.1, 0.15) is 30.5 Å². The van der Waals surface area contributed by atoms with Crippen molar-refractivity contribution < 1.29 is 0 Å². The van der Waals surface area contributed by atoms with E-state index in [0.717, 1.165) is 13.0 Å². The van der Waals surface area contributed by atoms with Gasteiger partial charge in [-0.3, -0.25) is 4.68 Å². The monoisotopic (exact) mass is 301 g/mol. The maximum Gasteiger partial charge on any atom is 0.0640 e. The van der Waals surface area contributed by atoms with Gasteiger partial charge in [0, 0.05) is 42.3 Å². The maximum atomic E-state index is 4.56. The first-order chi connectivity index (χ1) is 10.3. The Morgan fingerprint density at radius 2 is 2.24 bits per heavy atom. The van der Waals surface area contributed by atoms with Crippen molar-refractivity contribution >= 4 is 11.8 Å². The Balaban J connectivity index is 1.79. The molecule has 4 heteroatoms.